The Morgan fingerprint density at radius 1 is 1.00 bits per heavy atom. The van der Waals surface area contributed by atoms with Crippen LogP contribution in [0.4, 0.5) is 5.69 Å². The van der Waals surface area contributed by atoms with Crippen molar-refractivity contribution in [3.05, 3.63) is 60.1 Å². The second-order valence-corrected chi connectivity index (χ2v) is 5.20. The largest absolute Gasteiger partial charge is 0.378 e. The molecule has 1 fully saturated rings. The number of anilines is 1. The standard InChI is InChI=1S/C16H18N/c1-17(2)15-9-7-14(8-10-15)16(11-12-16)13-5-3-4-6-13/h3-10H,11-12H2,1-2H3. The third-order valence-electron chi connectivity index (χ3n) is 3.90. The first-order valence-corrected chi connectivity index (χ1v) is 6.22. The maximum absolute atomic E-state index is 2.29. The van der Waals surface area contributed by atoms with E-state index >= 15 is 0 Å². The summed E-state index contributed by atoms with van der Waals surface area (Å²) in [6.07, 6.45) is 11.4. The molecule has 0 spiro atoms. The molecule has 17 heavy (non-hydrogen) atoms. The van der Waals surface area contributed by atoms with Gasteiger partial charge < -0.3 is 4.90 Å². The fraction of sp³-hybridized carbons (Fsp3) is 0.312. The lowest BCUT2D eigenvalue weighted by Gasteiger charge is -2.19. The van der Waals surface area contributed by atoms with Crippen LogP contribution in [0.2, 0.25) is 0 Å². The lowest BCUT2D eigenvalue weighted by Crippen LogP contribution is -2.11. The molecule has 2 aliphatic rings. The predicted octanol–water partition coefficient (Wildman–Crippen LogP) is 3.48. The van der Waals surface area contributed by atoms with Crippen LogP contribution in [0, 0.1) is 6.42 Å². The highest BCUT2D eigenvalue weighted by Gasteiger charge is 2.47. The maximum Gasteiger partial charge on any atom is 0.0361 e. The van der Waals surface area contributed by atoms with E-state index in [1.54, 1.807) is 0 Å². The molecule has 0 heterocycles. The highest BCUT2D eigenvalue weighted by molar-refractivity contribution is 5.55. The molecular formula is C16H18N. The minimum Gasteiger partial charge on any atom is -0.378 e. The second-order valence-electron chi connectivity index (χ2n) is 5.20. The highest BCUT2D eigenvalue weighted by Crippen LogP contribution is 2.55. The summed E-state index contributed by atoms with van der Waals surface area (Å²) >= 11 is 0. The number of nitrogens with zero attached hydrogens (tertiary/aromatic N) is 1. The Balaban J connectivity index is 1.89. The zero-order valence-electron chi connectivity index (χ0n) is 10.5. The smallest absolute Gasteiger partial charge is 0.0361 e. The van der Waals surface area contributed by atoms with Crippen molar-refractivity contribution in [2.45, 2.75) is 18.3 Å². The molecule has 0 aliphatic heterocycles. The van der Waals surface area contributed by atoms with Crippen molar-refractivity contribution in [1.29, 1.82) is 0 Å². The van der Waals surface area contributed by atoms with Gasteiger partial charge in [0.05, 0.1) is 0 Å². The first-order chi connectivity index (χ1) is 8.22. The molecule has 0 aromatic heterocycles. The van der Waals surface area contributed by atoms with Crippen molar-refractivity contribution in [3.63, 3.8) is 0 Å². The molecule has 0 atom stereocenters. The van der Waals surface area contributed by atoms with Crippen LogP contribution in [-0.4, -0.2) is 14.1 Å². The summed E-state index contributed by atoms with van der Waals surface area (Å²) in [4.78, 5) is 2.14. The van der Waals surface area contributed by atoms with Crippen LogP contribution in [0.3, 0.4) is 0 Å². The van der Waals surface area contributed by atoms with E-state index < -0.39 is 0 Å². The van der Waals surface area contributed by atoms with Crippen molar-refractivity contribution in [2.24, 2.45) is 0 Å². The van der Waals surface area contributed by atoms with Gasteiger partial charge in [0.15, 0.2) is 0 Å². The van der Waals surface area contributed by atoms with Gasteiger partial charge in [-0.05, 0) is 30.5 Å². The van der Waals surface area contributed by atoms with E-state index in [0.29, 0.717) is 5.41 Å². The molecule has 1 aromatic carbocycles. The first kappa shape index (κ1) is 10.6. The van der Waals surface area contributed by atoms with E-state index in [1.165, 1.54) is 29.7 Å². The van der Waals surface area contributed by atoms with Crippen LogP contribution in [0.25, 0.3) is 0 Å². The normalized spacial score (nSPS) is 20.2. The Morgan fingerprint density at radius 2 is 1.71 bits per heavy atom. The monoisotopic (exact) mass is 224 g/mol. The minimum atomic E-state index is 0.328. The van der Waals surface area contributed by atoms with Crippen LogP contribution >= 0.6 is 0 Å². The van der Waals surface area contributed by atoms with Crippen molar-refractivity contribution < 1.29 is 0 Å². The molecule has 87 valence electrons. The molecule has 0 unspecified atom stereocenters. The van der Waals surface area contributed by atoms with Gasteiger partial charge in [-0.25, -0.2) is 0 Å². The van der Waals surface area contributed by atoms with Gasteiger partial charge in [0.1, 0.15) is 0 Å². The molecule has 0 amide bonds. The van der Waals surface area contributed by atoms with Gasteiger partial charge in [0.2, 0.25) is 0 Å². The van der Waals surface area contributed by atoms with E-state index in [2.05, 4.69) is 67.9 Å². The van der Waals surface area contributed by atoms with Crippen molar-refractivity contribution in [1.82, 2.24) is 0 Å². The van der Waals surface area contributed by atoms with Crippen LogP contribution in [0.15, 0.2) is 48.1 Å². The molecule has 1 nitrogen and oxygen atoms in total. The van der Waals surface area contributed by atoms with Crippen LogP contribution < -0.4 is 4.90 Å². The van der Waals surface area contributed by atoms with Crippen LogP contribution in [0.1, 0.15) is 18.4 Å². The third-order valence-corrected chi connectivity index (χ3v) is 3.90. The van der Waals surface area contributed by atoms with E-state index in [-0.39, 0.29) is 0 Å². The summed E-state index contributed by atoms with van der Waals surface area (Å²) < 4.78 is 0. The molecule has 0 bridgehead atoms. The van der Waals surface area contributed by atoms with Crippen molar-refractivity contribution in [2.75, 3.05) is 19.0 Å². The van der Waals surface area contributed by atoms with Crippen LogP contribution in [0.5, 0.6) is 0 Å². The molecule has 0 saturated heterocycles. The Morgan fingerprint density at radius 3 is 2.18 bits per heavy atom. The van der Waals surface area contributed by atoms with Crippen molar-refractivity contribution >= 4 is 5.69 Å². The van der Waals surface area contributed by atoms with E-state index in [0.717, 1.165) is 0 Å². The lowest BCUT2D eigenvalue weighted by atomic mass is 9.87. The third kappa shape index (κ3) is 1.70. The summed E-state index contributed by atoms with van der Waals surface area (Å²) in [6.45, 7) is 0. The van der Waals surface area contributed by atoms with Gasteiger partial charge >= 0.3 is 0 Å². The summed E-state index contributed by atoms with van der Waals surface area (Å²) in [7, 11) is 4.16. The van der Waals surface area contributed by atoms with Crippen LogP contribution in [-0.2, 0) is 5.41 Å². The number of rotatable bonds is 3. The fourth-order valence-corrected chi connectivity index (χ4v) is 2.64. The predicted molar refractivity (Wildman–Crippen MR) is 73.2 cm³/mol. The van der Waals surface area contributed by atoms with Gasteiger partial charge in [0, 0.05) is 31.6 Å². The molecule has 1 radical (unpaired) electrons. The zero-order valence-corrected chi connectivity index (χ0v) is 10.5. The summed E-state index contributed by atoms with van der Waals surface area (Å²) in [5.41, 5.74) is 4.55. The van der Waals surface area contributed by atoms with E-state index in [1.807, 2.05) is 0 Å². The van der Waals surface area contributed by atoms with E-state index in [4.69, 9.17) is 0 Å². The van der Waals surface area contributed by atoms with Gasteiger partial charge in [0.25, 0.3) is 0 Å². The van der Waals surface area contributed by atoms with Gasteiger partial charge in [-0.2, -0.15) is 0 Å². The Kier molecular flexibility index (Phi) is 2.36. The molecule has 1 heteroatoms. The average molecular weight is 224 g/mol. The van der Waals surface area contributed by atoms with E-state index in [9.17, 15) is 0 Å². The maximum atomic E-state index is 2.29. The molecule has 2 aliphatic carbocycles. The zero-order chi connectivity index (χ0) is 11.9. The number of benzene rings is 1. The number of allylic oxidation sites excluding steroid dienone is 4. The topological polar surface area (TPSA) is 3.24 Å². The van der Waals surface area contributed by atoms with Gasteiger partial charge in [-0.3, -0.25) is 0 Å². The number of hydrogen-bond donors (Lipinski definition) is 0. The molecule has 1 aromatic rings. The highest BCUT2D eigenvalue weighted by atomic mass is 15.1. The van der Waals surface area contributed by atoms with Crippen molar-refractivity contribution in [3.8, 4) is 0 Å². The molecule has 3 rings (SSSR count). The summed E-state index contributed by atoms with van der Waals surface area (Å²) in [6, 6.07) is 9.02. The Hall–Kier alpha value is -1.50. The molecule has 1 saturated carbocycles. The van der Waals surface area contributed by atoms with Gasteiger partial charge in [-0.15, -0.1) is 0 Å². The summed E-state index contributed by atoms with van der Waals surface area (Å²) in [5.74, 6) is 0. The molecular weight excluding hydrogens is 206 g/mol. The Bertz CT molecular complexity index is 473. The number of hydrogen-bond acceptors (Lipinski definition) is 1. The average Bonchev–Trinajstić information content (AvgIpc) is 2.97. The van der Waals surface area contributed by atoms with Gasteiger partial charge in [-0.1, -0.05) is 35.9 Å². The quantitative estimate of drug-likeness (QED) is 0.759. The first-order valence-electron chi connectivity index (χ1n) is 6.22. The SMILES string of the molecule is CN(C)c1ccc(C2(C3=CC=C[CH]3)CC2)cc1. The summed E-state index contributed by atoms with van der Waals surface area (Å²) in [5, 5.41) is 0. The second kappa shape index (κ2) is 3.76. The molecule has 0 N–H and O–H groups in total. The Labute approximate surface area is 103 Å². The minimum absolute atomic E-state index is 0.328. The lowest BCUT2D eigenvalue weighted by molar-refractivity contribution is 0.838. The fourth-order valence-electron chi connectivity index (χ4n) is 2.64.